The van der Waals surface area contributed by atoms with Crippen molar-refractivity contribution in [2.24, 2.45) is 0 Å². The number of methoxy groups -OCH3 is 1. The lowest BCUT2D eigenvalue weighted by Crippen LogP contribution is -2.21. The summed E-state index contributed by atoms with van der Waals surface area (Å²) in [6, 6.07) is 19.8. The van der Waals surface area contributed by atoms with Gasteiger partial charge < -0.3 is 15.0 Å². The number of thioether (sulfide) groups is 1. The van der Waals surface area contributed by atoms with Gasteiger partial charge in [-0.1, -0.05) is 66.4 Å². The summed E-state index contributed by atoms with van der Waals surface area (Å²) in [5.74, 6) is -0.667. The number of rotatable bonds is 10. The molecular formula is C32H30N6O4S2. The Kier molecular flexibility index (Phi) is 9.21. The average Bonchev–Trinajstić information content (AvgIpc) is 3.58. The summed E-state index contributed by atoms with van der Waals surface area (Å²) < 4.78 is 6.83. The number of ether oxygens (including phenoxy) is 1. The van der Waals surface area contributed by atoms with Gasteiger partial charge in [-0.3, -0.25) is 14.2 Å². The minimum Gasteiger partial charge on any atom is -0.465 e. The zero-order valence-electron chi connectivity index (χ0n) is 24.7. The molecule has 3 heterocycles. The van der Waals surface area contributed by atoms with Gasteiger partial charge in [0.2, 0.25) is 5.91 Å². The molecule has 0 aliphatic carbocycles. The van der Waals surface area contributed by atoms with Gasteiger partial charge in [-0.05, 0) is 24.6 Å². The van der Waals surface area contributed by atoms with Crippen LogP contribution in [0.25, 0.3) is 33.5 Å². The first-order chi connectivity index (χ1) is 21.2. The summed E-state index contributed by atoms with van der Waals surface area (Å²) in [5, 5.41) is 13.5. The largest absolute Gasteiger partial charge is 0.465 e. The van der Waals surface area contributed by atoms with E-state index < -0.39 is 5.97 Å². The Morgan fingerprint density at radius 1 is 1.09 bits per heavy atom. The van der Waals surface area contributed by atoms with Crippen LogP contribution in [0.3, 0.4) is 0 Å². The number of thiophene rings is 1. The van der Waals surface area contributed by atoms with E-state index in [1.165, 1.54) is 23.8 Å². The number of hydrogen-bond acceptors (Lipinski definition) is 9. The topological polar surface area (TPSA) is 119 Å². The van der Waals surface area contributed by atoms with E-state index in [2.05, 4.69) is 22.1 Å². The van der Waals surface area contributed by atoms with Crippen LogP contribution in [0.1, 0.15) is 25.6 Å². The van der Waals surface area contributed by atoms with Crippen molar-refractivity contribution < 1.29 is 19.1 Å². The molecule has 0 bridgehead atoms. The number of nitrogens with zero attached hydrogens (tertiary/aromatic N) is 5. The second-order valence-electron chi connectivity index (χ2n) is 9.93. The van der Waals surface area contributed by atoms with Crippen LogP contribution < -0.4 is 5.32 Å². The normalized spacial score (nSPS) is 10.9. The highest BCUT2D eigenvalue weighted by Gasteiger charge is 2.27. The lowest BCUT2D eigenvalue weighted by molar-refractivity contribution is -0.113. The molecule has 2 aromatic carbocycles. The van der Waals surface area contributed by atoms with E-state index in [1.807, 2.05) is 65.2 Å². The predicted molar refractivity (Wildman–Crippen MR) is 174 cm³/mol. The Morgan fingerprint density at radius 3 is 2.52 bits per heavy atom. The smallest absolute Gasteiger partial charge is 0.341 e. The molecule has 1 N–H and O–H groups in total. The number of pyridine rings is 1. The molecule has 0 saturated carbocycles. The molecule has 0 fully saturated rings. The summed E-state index contributed by atoms with van der Waals surface area (Å²) >= 11 is 2.25. The van der Waals surface area contributed by atoms with Crippen molar-refractivity contribution in [3.05, 3.63) is 89.3 Å². The SMILES string of the molecule is C=CCn1c(SCC(=O)Nc2sc(C(=O)N(C)C)c(C)c2C(=O)OC)nnc1-c1cc(-c2ccccc2)nc2ccccc12. The predicted octanol–water partition coefficient (Wildman–Crippen LogP) is 5.94. The molecular weight excluding hydrogens is 597 g/mol. The Bertz CT molecular complexity index is 1880. The maximum atomic E-state index is 13.1. The third-order valence-electron chi connectivity index (χ3n) is 6.78. The summed E-state index contributed by atoms with van der Waals surface area (Å²) in [7, 11) is 4.51. The van der Waals surface area contributed by atoms with Crippen LogP contribution in [-0.2, 0) is 16.1 Å². The van der Waals surface area contributed by atoms with Crippen LogP contribution in [0.15, 0.2) is 78.5 Å². The lowest BCUT2D eigenvalue weighted by atomic mass is 10.0. The van der Waals surface area contributed by atoms with Gasteiger partial charge in [0.1, 0.15) is 5.00 Å². The molecule has 5 rings (SSSR count). The quantitative estimate of drug-likeness (QED) is 0.115. The molecule has 0 spiro atoms. The summed E-state index contributed by atoms with van der Waals surface area (Å²) in [6.45, 7) is 5.99. The highest BCUT2D eigenvalue weighted by molar-refractivity contribution is 7.99. The van der Waals surface area contributed by atoms with E-state index in [0.29, 0.717) is 28.0 Å². The van der Waals surface area contributed by atoms with Crippen molar-refractivity contribution in [3.8, 4) is 22.6 Å². The fourth-order valence-electron chi connectivity index (χ4n) is 4.65. The highest BCUT2D eigenvalue weighted by atomic mass is 32.2. The lowest BCUT2D eigenvalue weighted by Gasteiger charge is -2.12. The third-order valence-corrected chi connectivity index (χ3v) is 8.94. The first kappa shape index (κ1) is 30.6. The van der Waals surface area contributed by atoms with Crippen molar-refractivity contribution in [2.75, 3.05) is 32.3 Å². The van der Waals surface area contributed by atoms with Gasteiger partial charge in [-0.25, -0.2) is 9.78 Å². The molecule has 0 aliphatic heterocycles. The van der Waals surface area contributed by atoms with E-state index in [9.17, 15) is 14.4 Å². The first-order valence-corrected chi connectivity index (χ1v) is 15.4. The van der Waals surface area contributed by atoms with Crippen LogP contribution in [0.2, 0.25) is 0 Å². The molecule has 0 radical (unpaired) electrons. The van der Waals surface area contributed by atoms with Gasteiger partial charge in [0.05, 0.1) is 34.5 Å². The molecule has 0 aliphatic rings. The van der Waals surface area contributed by atoms with Crippen molar-refractivity contribution in [1.82, 2.24) is 24.6 Å². The Morgan fingerprint density at radius 2 is 1.82 bits per heavy atom. The van der Waals surface area contributed by atoms with Crippen molar-refractivity contribution in [2.45, 2.75) is 18.6 Å². The molecule has 0 saturated heterocycles. The van der Waals surface area contributed by atoms with Crippen LogP contribution >= 0.6 is 23.1 Å². The van der Waals surface area contributed by atoms with E-state index in [-0.39, 0.29) is 28.1 Å². The second kappa shape index (κ2) is 13.2. The standard InChI is InChI=1S/C32H30N6O4S2/c1-6-16-38-28(22-17-24(20-12-8-7-9-13-20)33-23-15-11-10-14-21(22)23)35-36-32(38)43-18-25(39)34-29-26(31(41)42-5)19(2)27(44-29)30(40)37(3)4/h6-15,17H,1,16,18H2,2-5H3,(H,34,39). The number of benzene rings is 2. The number of fused-ring (bicyclic) bond motifs is 1. The van der Waals surface area contributed by atoms with Crippen LogP contribution in [-0.4, -0.2) is 69.4 Å². The number of amides is 2. The molecule has 44 heavy (non-hydrogen) atoms. The van der Waals surface area contributed by atoms with Gasteiger partial charge in [0.25, 0.3) is 5.91 Å². The Labute approximate surface area is 262 Å². The van der Waals surface area contributed by atoms with Crippen molar-refractivity contribution >= 4 is 56.8 Å². The molecule has 10 nitrogen and oxygen atoms in total. The maximum Gasteiger partial charge on any atom is 0.341 e. The fraction of sp³-hybridized carbons (Fsp3) is 0.188. The number of anilines is 1. The number of para-hydroxylation sites is 1. The molecule has 0 unspecified atom stereocenters. The number of carbonyl (C=O) groups is 3. The number of allylic oxidation sites excluding steroid dienone is 1. The van der Waals surface area contributed by atoms with E-state index in [0.717, 1.165) is 39.1 Å². The molecule has 3 aromatic heterocycles. The average molecular weight is 627 g/mol. The number of aromatic nitrogens is 4. The molecule has 0 atom stereocenters. The Hall–Kier alpha value is -4.81. The minimum absolute atomic E-state index is 0.0177. The van der Waals surface area contributed by atoms with E-state index in [1.54, 1.807) is 27.1 Å². The van der Waals surface area contributed by atoms with Gasteiger partial charge in [-0.15, -0.1) is 28.1 Å². The second-order valence-corrected chi connectivity index (χ2v) is 11.9. The summed E-state index contributed by atoms with van der Waals surface area (Å²) in [5.41, 5.74) is 4.09. The molecule has 12 heteroatoms. The fourth-order valence-corrected chi connectivity index (χ4v) is 6.64. The van der Waals surface area contributed by atoms with Crippen molar-refractivity contribution in [1.29, 1.82) is 0 Å². The van der Waals surface area contributed by atoms with Crippen molar-refractivity contribution in [3.63, 3.8) is 0 Å². The Balaban J connectivity index is 1.44. The monoisotopic (exact) mass is 626 g/mol. The van der Waals surface area contributed by atoms with Crippen LogP contribution in [0, 0.1) is 6.92 Å². The number of esters is 1. The van der Waals surface area contributed by atoms with Gasteiger partial charge in [0, 0.05) is 37.2 Å². The van der Waals surface area contributed by atoms with Crippen LogP contribution in [0.4, 0.5) is 5.00 Å². The number of nitrogens with one attached hydrogen (secondary N) is 1. The molecule has 224 valence electrons. The maximum absolute atomic E-state index is 13.1. The number of carbonyl (C=O) groups excluding carboxylic acids is 3. The summed E-state index contributed by atoms with van der Waals surface area (Å²) in [4.78, 5) is 45.0. The summed E-state index contributed by atoms with van der Waals surface area (Å²) in [6.07, 6.45) is 1.75. The van der Waals surface area contributed by atoms with Gasteiger partial charge in [0.15, 0.2) is 11.0 Å². The minimum atomic E-state index is -0.630. The zero-order chi connectivity index (χ0) is 31.4. The molecule has 5 aromatic rings. The molecule has 2 amide bonds. The zero-order valence-corrected chi connectivity index (χ0v) is 26.3. The first-order valence-electron chi connectivity index (χ1n) is 13.6. The van der Waals surface area contributed by atoms with E-state index >= 15 is 0 Å². The van der Waals surface area contributed by atoms with E-state index in [4.69, 9.17) is 9.72 Å². The highest BCUT2D eigenvalue weighted by Crippen LogP contribution is 2.36. The van der Waals surface area contributed by atoms with Gasteiger partial charge >= 0.3 is 5.97 Å². The van der Waals surface area contributed by atoms with Gasteiger partial charge in [-0.2, -0.15) is 0 Å². The third kappa shape index (κ3) is 6.12. The number of hydrogen-bond donors (Lipinski definition) is 1. The van der Waals surface area contributed by atoms with Crippen LogP contribution in [0.5, 0.6) is 0 Å².